The third kappa shape index (κ3) is 4.17. The van der Waals surface area contributed by atoms with Crippen molar-refractivity contribution in [3.63, 3.8) is 0 Å². The molecule has 1 N–H and O–H groups in total. The topological polar surface area (TPSA) is 121 Å². The molecule has 0 saturated carbocycles. The van der Waals surface area contributed by atoms with Gasteiger partial charge in [0.05, 0.1) is 18.0 Å². The van der Waals surface area contributed by atoms with E-state index in [1.807, 2.05) is 6.07 Å². The number of aromatic nitrogens is 1. The van der Waals surface area contributed by atoms with Crippen molar-refractivity contribution in [2.75, 3.05) is 32.1 Å². The van der Waals surface area contributed by atoms with E-state index in [-0.39, 0.29) is 29.0 Å². The molecule has 1 aliphatic heterocycles. The summed E-state index contributed by atoms with van der Waals surface area (Å²) in [6.07, 6.45) is 3.05. The Morgan fingerprint density at radius 3 is 2.88 bits per heavy atom. The first kappa shape index (κ1) is 17.6. The lowest BCUT2D eigenvalue weighted by atomic mass is 10.0. The molecule has 9 nitrogen and oxygen atoms in total. The molecule has 128 valence electrons. The Labute approximate surface area is 139 Å². The third-order valence-corrected chi connectivity index (χ3v) is 3.94. The van der Waals surface area contributed by atoms with E-state index < -0.39 is 4.92 Å². The average molecular weight is 333 g/mol. The number of nitrogens with one attached hydrogen (secondary N) is 1. The van der Waals surface area contributed by atoms with Gasteiger partial charge in [0.1, 0.15) is 11.6 Å². The molecule has 0 radical (unpaired) electrons. The largest absolute Gasteiger partial charge is 0.384 e. The molecule has 0 bridgehead atoms. The van der Waals surface area contributed by atoms with Crippen molar-refractivity contribution in [1.29, 1.82) is 5.26 Å². The zero-order chi connectivity index (χ0) is 17.5. The molecule has 0 unspecified atom stereocenters. The summed E-state index contributed by atoms with van der Waals surface area (Å²) in [6, 6.07) is 3.10. The molecule has 2 rings (SSSR count). The van der Waals surface area contributed by atoms with Crippen LogP contribution >= 0.6 is 0 Å². The Balaban J connectivity index is 1.99. The molecular weight excluding hydrogens is 314 g/mol. The van der Waals surface area contributed by atoms with Crippen molar-refractivity contribution < 1.29 is 14.5 Å². The van der Waals surface area contributed by atoms with Crippen LogP contribution in [0.3, 0.4) is 0 Å². The number of carbonyl (C=O) groups excluding carboxylic acids is 1. The maximum Gasteiger partial charge on any atom is 0.328 e. The van der Waals surface area contributed by atoms with Gasteiger partial charge >= 0.3 is 5.69 Å². The lowest BCUT2D eigenvalue weighted by Gasteiger charge is -2.32. The summed E-state index contributed by atoms with van der Waals surface area (Å²) in [5, 5.41) is 23.2. The van der Waals surface area contributed by atoms with E-state index in [0.29, 0.717) is 39.0 Å². The fourth-order valence-corrected chi connectivity index (χ4v) is 2.65. The van der Waals surface area contributed by atoms with E-state index in [1.54, 1.807) is 12.0 Å². The van der Waals surface area contributed by atoms with Crippen LogP contribution in [0.25, 0.3) is 0 Å². The number of nitriles is 1. The van der Waals surface area contributed by atoms with Crippen LogP contribution in [0.2, 0.25) is 0 Å². The minimum absolute atomic E-state index is 0.0234. The van der Waals surface area contributed by atoms with E-state index in [9.17, 15) is 14.9 Å². The number of ether oxygens (including phenoxy) is 1. The summed E-state index contributed by atoms with van der Waals surface area (Å²) in [5.41, 5.74) is -0.330. The van der Waals surface area contributed by atoms with Gasteiger partial charge in [-0.1, -0.05) is 0 Å². The highest BCUT2D eigenvalue weighted by Gasteiger charge is 2.26. The summed E-state index contributed by atoms with van der Waals surface area (Å²) >= 11 is 0. The smallest absolute Gasteiger partial charge is 0.328 e. The Morgan fingerprint density at radius 2 is 2.29 bits per heavy atom. The van der Waals surface area contributed by atoms with Crippen LogP contribution in [0.1, 0.15) is 24.8 Å². The Morgan fingerprint density at radius 1 is 1.58 bits per heavy atom. The lowest BCUT2D eigenvalue weighted by molar-refractivity contribution is -0.384. The van der Waals surface area contributed by atoms with Gasteiger partial charge in [0.25, 0.3) is 0 Å². The van der Waals surface area contributed by atoms with Crippen molar-refractivity contribution in [1.82, 2.24) is 9.88 Å². The predicted octanol–water partition coefficient (Wildman–Crippen LogP) is 1.30. The molecule has 1 saturated heterocycles. The van der Waals surface area contributed by atoms with E-state index in [1.165, 1.54) is 12.3 Å². The normalized spacial score (nSPS) is 14.9. The molecule has 24 heavy (non-hydrogen) atoms. The molecule has 0 aromatic carbocycles. The molecule has 1 fully saturated rings. The van der Waals surface area contributed by atoms with Crippen molar-refractivity contribution in [2.45, 2.75) is 25.3 Å². The second-order valence-corrected chi connectivity index (χ2v) is 5.47. The van der Waals surface area contributed by atoms with Crippen LogP contribution in [0.5, 0.6) is 0 Å². The fraction of sp³-hybridized carbons (Fsp3) is 0.533. The van der Waals surface area contributed by atoms with Crippen molar-refractivity contribution in [2.24, 2.45) is 0 Å². The molecule has 9 heteroatoms. The number of hydrogen-bond donors (Lipinski definition) is 1. The molecule has 1 amide bonds. The van der Waals surface area contributed by atoms with Crippen LogP contribution in [0.15, 0.2) is 12.3 Å². The van der Waals surface area contributed by atoms with Gasteiger partial charge < -0.3 is 15.0 Å². The summed E-state index contributed by atoms with van der Waals surface area (Å²) in [4.78, 5) is 28.3. The summed E-state index contributed by atoms with van der Waals surface area (Å²) in [6.45, 7) is 1.55. The van der Waals surface area contributed by atoms with Gasteiger partial charge in [0, 0.05) is 32.4 Å². The van der Waals surface area contributed by atoms with Gasteiger partial charge in [0.2, 0.25) is 11.7 Å². The minimum Gasteiger partial charge on any atom is -0.384 e. The van der Waals surface area contributed by atoms with E-state index in [0.717, 1.165) is 0 Å². The average Bonchev–Trinajstić information content (AvgIpc) is 2.59. The Hall–Kier alpha value is -2.73. The standard InChI is InChI=1S/C15H19N5O4/c1-24-9-5-13(21)19-7-3-12(4-8-19)18-15-14(20(22)23)11(10-16)2-6-17-15/h2,6,12H,3-5,7-9H2,1H3,(H,17,18). The zero-order valence-corrected chi connectivity index (χ0v) is 13.4. The molecule has 1 aromatic rings. The second-order valence-electron chi connectivity index (χ2n) is 5.47. The quantitative estimate of drug-likeness (QED) is 0.615. The van der Waals surface area contributed by atoms with Crippen molar-refractivity contribution in [3.8, 4) is 6.07 Å². The number of methoxy groups -OCH3 is 1. The van der Waals surface area contributed by atoms with Gasteiger partial charge in [-0.3, -0.25) is 14.9 Å². The first-order valence-electron chi connectivity index (χ1n) is 7.63. The number of piperidine rings is 1. The SMILES string of the molecule is COCCC(=O)N1CCC(Nc2nccc(C#N)c2[N+](=O)[O-])CC1. The highest BCUT2D eigenvalue weighted by atomic mass is 16.6. The van der Waals surface area contributed by atoms with Crippen LogP contribution in [-0.4, -0.2) is 53.6 Å². The molecule has 0 spiro atoms. The number of pyridine rings is 1. The van der Waals surface area contributed by atoms with Crippen LogP contribution in [0, 0.1) is 21.4 Å². The zero-order valence-electron chi connectivity index (χ0n) is 13.4. The number of carbonyl (C=O) groups is 1. The van der Waals surface area contributed by atoms with Crippen molar-refractivity contribution in [3.05, 3.63) is 27.9 Å². The lowest BCUT2D eigenvalue weighted by Crippen LogP contribution is -2.42. The monoisotopic (exact) mass is 333 g/mol. The number of nitro groups is 1. The van der Waals surface area contributed by atoms with E-state index >= 15 is 0 Å². The maximum atomic E-state index is 11.9. The number of rotatable bonds is 6. The molecule has 0 atom stereocenters. The number of nitrogens with zero attached hydrogens (tertiary/aromatic N) is 4. The number of likely N-dealkylation sites (tertiary alicyclic amines) is 1. The van der Waals surface area contributed by atoms with Crippen LogP contribution in [-0.2, 0) is 9.53 Å². The van der Waals surface area contributed by atoms with Gasteiger partial charge in [0.15, 0.2) is 0 Å². The first-order valence-corrected chi connectivity index (χ1v) is 7.63. The number of anilines is 1. The molecule has 1 aliphatic rings. The molecule has 2 heterocycles. The highest BCUT2D eigenvalue weighted by molar-refractivity contribution is 5.76. The fourth-order valence-electron chi connectivity index (χ4n) is 2.65. The van der Waals surface area contributed by atoms with E-state index in [2.05, 4.69) is 10.3 Å². The molecule has 1 aromatic heterocycles. The molecule has 0 aliphatic carbocycles. The number of hydrogen-bond acceptors (Lipinski definition) is 7. The van der Waals surface area contributed by atoms with Gasteiger partial charge in [-0.05, 0) is 18.9 Å². The number of amides is 1. The second kappa shape index (κ2) is 8.21. The Kier molecular flexibility index (Phi) is 6.03. The van der Waals surface area contributed by atoms with Gasteiger partial charge in [-0.25, -0.2) is 4.98 Å². The first-order chi connectivity index (χ1) is 11.6. The van der Waals surface area contributed by atoms with Gasteiger partial charge in [-0.2, -0.15) is 5.26 Å². The summed E-state index contributed by atoms with van der Waals surface area (Å²) in [7, 11) is 1.55. The molecular formula is C15H19N5O4. The summed E-state index contributed by atoms with van der Waals surface area (Å²) < 4.78 is 4.90. The van der Waals surface area contributed by atoms with Crippen LogP contribution < -0.4 is 5.32 Å². The van der Waals surface area contributed by atoms with Crippen LogP contribution in [0.4, 0.5) is 11.5 Å². The third-order valence-electron chi connectivity index (χ3n) is 3.94. The minimum atomic E-state index is -0.600. The van der Waals surface area contributed by atoms with Gasteiger partial charge in [-0.15, -0.1) is 0 Å². The summed E-state index contributed by atoms with van der Waals surface area (Å²) in [5.74, 6) is 0.147. The highest BCUT2D eigenvalue weighted by Crippen LogP contribution is 2.27. The predicted molar refractivity (Wildman–Crippen MR) is 85.3 cm³/mol. The van der Waals surface area contributed by atoms with E-state index in [4.69, 9.17) is 10.00 Å². The Bertz CT molecular complexity index is 650. The maximum absolute atomic E-state index is 11.9. The van der Waals surface area contributed by atoms with Crippen molar-refractivity contribution >= 4 is 17.4 Å².